The first-order chi connectivity index (χ1) is 7.59. The predicted octanol–water partition coefficient (Wildman–Crippen LogP) is 1.98. The van der Waals surface area contributed by atoms with Gasteiger partial charge < -0.3 is 9.47 Å². The van der Waals surface area contributed by atoms with Gasteiger partial charge in [-0.2, -0.15) is 0 Å². The van der Waals surface area contributed by atoms with Crippen LogP contribution in [-0.4, -0.2) is 24.1 Å². The second kappa shape index (κ2) is 6.30. The van der Waals surface area contributed by atoms with E-state index in [1.807, 2.05) is 0 Å². The molecule has 0 heterocycles. The van der Waals surface area contributed by atoms with Gasteiger partial charge in [-0.25, -0.2) is 0 Å². The van der Waals surface area contributed by atoms with Crippen molar-refractivity contribution in [1.82, 2.24) is 0 Å². The Morgan fingerprint density at radius 1 is 0.938 bits per heavy atom. The standard InChI is InChI=1S/C12H18O4/c1-9(13)15-11-7-5-3-4-6-8-12(11)16-10(2)14/h3-4,11-12H,5-8H2,1-2H3/b4-3-. The SMILES string of the molecule is CC(=O)OC1CC/C=C\CCC1OC(C)=O. The number of rotatable bonds is 2. The Morgan fingerprint density at radius 2 is 1.31 bits per heavy atom. The largest absolute Gasteiger partial charge is 0.459 e. The maximum absolute atomic E-state index is 11.0. The molecule has 0 saturated heterocycles. The maximum atomic E-state index is 11.0. The number of carbonyl (C=O) groups excluding carboxylic acids is 2. The van der Waals surface area contributed by atoms with Crippen LogP contribution in [0.1, 0.15) is 39.5 Å². The van der Waals surface area contributed by atoms with Crippen molar-refractivity contribution in [2.75, 3.05) is 0 Å². The summed E-state index contributed by atoms with van der Waals surface area (Å²) in [5.74, 6) is -0.654. The van der Waals surface area contributed by atoms with Crippen molar-refractivity contribution in [1.29, 1.82) is 0 Å². The van der Waals surface area contributed by atoms with Crippen LogP contribution in [0.4, 0.5) is 0 Å². The lowest BCUT2D eigenvalue weighted by Gasteiger charge is -2.26. The van der Waals surface area contributed by atoms with Gasteiger partial charge in [-0.1, -0.05) is 12.2 Å². The molecular weight excluding hydrogens is 208 g/mol. The Hall–Kier alpha value is -1.32. The molecule has 0 aromatic heterocycles. The van der Waals surface area contributed by atoms with Crippen LogP contribution >= 0.6 is 0 Å². The van der Waals surface area contributed by atoms with Gasteiger partial charge in [0.2, 0.25) is 0 Å². The molecule has 0 aromatic carbocycles. The molecule has 0 amide bonds. The molecule has 0 N–H and O–H groups in total. The number of allylic oxidation sites excluding steroid dienone is 2. The van der Waals surface area contributed by atoms with Gasteiger partial charge in [0.05, 0.1) is 0 Å². The minimum Gasteiger partial charge on any atom is -0.459 e. The van der Waals surface area contributed by atoms with E-state index in [-0.39, 0.29) is 24.1 Å². The number of hydrogen-bond acceptors (Lipinski definition) is 4. The summed E-state index contributed by atoms with van der Waals surface area (Å²) in [4.78, 5) is 21.9. The van der Waals surface area contributed by atoms with Crippen molar-refractivity contribution in [2.45, 2.75) is 51.7 Å². The number of hydrogen-bond donors (Lipinski definition) is 0. The van der Waals surface area contributed by atoms with Gasteiger partial charge in [0.25, 0.3) is 0 Å². The Bertz CT molecular complexity index is 255. The first-order valence-corrected chi connectivity index (χ1v) is 5.59. The van der Waals surface area contributed by atoms with Crippen LogP contribution < -0.4 is 0 Å². The van der Waals surface area contributed by atoms with Crippen LogP contribution in [-0.2, 0) is 19.1 Å². The Labute approximate surface area is 95.6 Å². The van der Waals surface area contributed by atoms with E-state index in [0.717, 1.165) is 12.8 Å². The molecule has 0 bridgehead atoms. The molecule has 0 aliphatic heterocycles. The predicted molar refractivity (Wildman–Crippen MR) is 58.7 cm³/mol. The monoisotopic (exact) mass is 226 g/mol. The summed E-state index contributed by atoms with van der Waals surface area (Å²) in [6, 6.07) is 0. The molecular formula is C12H18O4. The van der Waals surface area contributed by atoms with E-state index in [0.29, 0.717) is 12.8 Å². The molecule has 0 saturated carbocycles. The maximum Gasteiger partial charge on any atom is 0.303 e. The van der Waals surface area contributed by atoms with Crippen LogP contribution in [0.15, 0.2) is 12.2 Å². The van der Waals surface area contributed by atoms with Crippen LogP contribution in [0.3, 0.4) is 0 Å². The summed E-state index contributed by atoms with van der Waals surface area (Å²) in [5, 5.41) is 0. The Morgan fingerprint density at radius 3 is 1.62 bits per heavy atom. The van der Waals surface area contributed by atoms with Gasteiger partial charge in [-0.15, -0.1) is 0 Å². The highest BCUT2D eigenvalue weighted by Crippen LogP contribution is 2.19. The van der Waals surface area contributed by atoms with E-state index in [9.17, 15) is 9.59 Å². The molecule has 0 aromatic rings. The third-order valence-electron chi connectivity index (χ3n) is 2.45. The van der Waals surface area contributed by atoms with Crippen LogP contribution in [0.2, 0.25) is 0 Å². The highest BCUT2D eigenvalue weighted by molar-refractivity contribution is 5.67. The van der Waals surface area contributed by atoms with Gasteiger partial charge >= 0.3 is 11.9 Å². The third kappa shape index (κ3) is 4.47. The van der Waals surface area contributed by atoms with Gasteiger partial charge in [-0.05, 0) is 25.7 Å². The quantitative estimate of drug-likeness (QED) is 0.533. The lowest BCUT2D eigenvalue weighted by molar-refractivity contribution is -0.166. The van der Waals surface area contributed by atoms with Crippen LogP contribution in [0, 0.1) is 0 Å². The number of ether oxygens (including phenoxy) is 2. The van der Waals surface area contributed by atoms with E-state index < -0.39 is 0 Å². The highest BCUT2D eigenvalue weighted by atomic mass is 16.6. The van der Waals surface area contributed by atoms with Crippen molar-refractivity contribution in [2.24, 2.45) is 0 Å². The molecule has 4 heteroatoms. The van der Waals surface area contributed by atoms with E-state index >= 15 is 0 Å². The van der Waals surface area contributed by atoms with Crippen molar-refractivity contribution in [3.63, 3.8) is 0 Å². The van der Waals surface area contributed by atoms with Gasteiger partial charge in [0, 0.05) is 13.8 Å². The second-order valence-corrected chi connectivity index (χ2v) is 3.92. The zero-order chi connectivity index (χ0) is 12.0. The molecule has 2 atom stereocenters. The lowest BCUT2D eigenvalue weighted by atomic mass is 10.00. The summed E-state index contributed by atoms with van der Waals surface area (Å²) < 4.78 is 10.4. The topological polar surface area (TPSA) is 52.6 Å². The summed E-state index contributed by atoms with van der Waals surface area (Å²) in [6.07, 6.45) is 6.60. The lowest BCUT2D eigenvalue weighted by Crippen LogP contribution is -2.34. The fraction of sp³-hybridized carbons (Fsp3) is 0.667. The normalized spacial score (nSPS) is 27.4. The summed E-state index contributed by atoms with van der Waals surface area (Å²) in [6.45, 7) is 2.75. The average Bonchev–Trinajstić information content (AvgIpc) is 2.15. The number of esters is 2. The molecule has 0 radical (unpaired) electrons. The smallest absolute Gasteiger partial charge is 0.303 e. The van der Waals surface area contributed by atoms with E-state index in [1.165, 1.54) is 13.8 Å². The molecule has 2 unspecified atom stereocenters. The van der Waals surface area contributed by atoms with Gasteiger partial charge in [-0.3, -0.25) is 9.59 Å². The van der Waals surface area contributed by atoms with Gasteiger partial charge in [0.1, 0.15) is 12.2 Å². The van der Waals surface area contributed by atoms with E-state index in [2.05, 4.69) is 12.2 Å². The van der Waals surface area contributed by atoms with Crippen molar-refractivity contribution >= 4 is 11.9 Å². The van der Waals surface area contributed by atoms with Crippen LogP contribution in [0.5, 0.6) is 0 Å². The molecule has 0 spiro atoms. The van der Waals surface area contributed by atoms with Gasteiger partial charge in [0.15, 0.2) is 0 Å². The summed E-state index contributed by atoms with van der Waals surface area (Å²) in [5.41, 5.74) is 0. The van der Waals surface area contributed by atoms with Crippen molar-refractivity contribution in [3.05, 3.63) is 12.2 Å². The molecule has 1 aliphatic carbocycles. The second-order valence-electron chi connectivity index (χ2n) is 3.92. The molecule has 0 fully saturated rings. The summed E-state index contributed by atoms with van der Waals surface area (Å²) >= 11 is 0. The van der Waals surface area contributed by atoms with E-state index in [1.54, 1.807) is 0 Å². The minimum absolute atomic E-state index is 0.314. The molecule has 1 rings (SSSR count). The summed E-state index contributed by atoms with van der Waals surface area (Å²) in [7, 11) is 0. The molecule has 16 heavy (non-hydrogen) atoms. The van der Waals surface area contributed by atoms with Crippen molar-refractivity contribution < 1.29 is 19.1 Å². The molecule has 90 valence electrons. The molecule has 1 aliphatic rings. The highest BCUT2D eigenvalue weighted by Gasteiger charge is 2.26. The molecule has 4 nitrogen and oxygen atoms in total. The zero-order valence-corrected chi connectivity index (χ0v) is 9.77. The number of carbonyl (C=O) groups is 2. The van der Waals surface area contributed by atoms with E-state index in [4.69, 9.17) is 9.47 Å². The Kier molecular flexibility index (Phi) is 5.02. The van der Waals surface area contributed by atoms with Crippen LogP contribution in [0.25, 0.3) is 0 Å². The average molecular weight is 226 g/mol. The minimum atomic E-state index is -0.327. The zero-order valence-electron chi connectivity index (χ0n) is 9.77. The first kappa shape index (κ1) is 12.7. The Balaban J connectivity index is 2.65. The fourth-order valence-corrected chi connectivity index (χ4v) is 1.82. The van der Waals surface area contributed by atoms with Crippen molar-refractivity contribution in [3.8, 4) is 0 Å². The first-order valence-electron chi connectivity index (χ1n) is 5.59. The fourth-order valence-electron chi connectivity index (χ4n) is 1.82. The third-order valence-corrected chi connectivity index (χ3v) is 2.45.